The van der Waals surface area contributed by atoms with Gasteiger partial charge < -0.3 is 10.2 Å². The summed E-state index contributed by atoms with van der Waals surface area (Å²) in [6.45, 7) is 4.18. The van der Waals surface area contributed by atoms with Crippen molar-refractivity contribution < 1.29 is 4.79 Å². The van der Waals surface area contributed by atoms with E-state index in [2.05, 4.69) is 24.1 Å². The van der Waals surface area contributed by atoms with Crippen LogP contribution in [0.1, 0.15) is 37.2 Å². The standard InChI is InChI=1S/C13H21N3O/c1-5-6-10(2)16(4)13(17)12-8-7-11(14-3)9-15-12/h7-10,14H,5-6H2,1-4H3. The van der Waals surface area contributed by atoms with E-state index >= 15 is 0 Å². The summed E-state index contributed by atoms with van der Waals surface area (Å²) in [6.07, 6.45) is 3.76. The molecule has 1 aromatic heterocycles. The monoisotopic (exact) mass is 235 g/mol. The molecule has 1 amide bonds. The lowest BCUT2D eigenvalue weighted by atomic mass is 10.1. The van der Waals surface area contributed by atoms with E-state index in [1.807, 2.05) is 20.2 Å². The fraction of sp³-hybridized carbons (Fsp3) is 0.538. The van der Waals surface area contributed by atoms with E-state index in [1.165, 1.54) is 0 Å². The van der Waals surface area contributed by atoms with Crippen molar-refractivity contribution in [2.75, 3.05) is 19.4 Å². The molecule has 1 rings (SSSR count). The number of aromatic nitrogens is 1. The molecule has 0 saturated carbocycles. The van der Waals surface area contributed by atoms with Crippen molar-refractivity contribution in [3.8, 4) is 0 Å². The Bertz CT molecular complexity index is 361. The molecule has 0 fully saturated rings. The number of nitrogens with one attached hydrogen (secondary N) is 1. The predicted molar refractivity (Wildman–Crippen MR) is 70.2 cm³/mol. The van der Waals surface area contributed by atoms with E-state index in [4.69, 9.17) is 0 Å². The first kappa shape index (κ1) is 13.5. The van der Waals surface area contributed by atoms with Gasteiger partial charge in [-0.15, -0.1) is 0 Å². The lowest BCUT2D eigenvalue weighted by Crippen LogP contribution is -2.35. The molecule has 4 nitrogen and oxygen atoms in total. The van der Waals surface area contributed by atoms with E-state index < -0.39 is 0 Å². The van der Waals surface area contributed by atoms with Crippen molar-refractivity contribution in [1.82, 2.24) is 9.88 Å². The number of pyridine rings is 1. The Balaban J connectivity index is 2.74. The van der Waals surface area contributed by atoms with Crippen LogP contribution in [0.2, 0.25) is 0 Å². The Hall–Kier alpha value is -1.58. The molecule has 1 aromatic rings. The van der Waals surface area contributed by atoms with E-state index in [-0.39, 0.29) is 11.9 Å². The highest BCUT2D eigenvalue weighted by molar-refractivity contribution is 5.92. The minimum absolute atomic E-state index is 0.0198. The van der Waals surface area contributed by atoms with Crippen LogP contribution in [0.25, 0.3) is 0 Å². The molecule has 1 N–H and O–H groups in total. The highest BCUT2D eigenvalue weighted by Crippen LogP contribution is 2.10. The Labute approximate surface area is 103 Å². The number of carbonyl (C=O) groups excluding carboxylic acids is 1. The number of amides is 1. The molecule has 0 saturated heterocycles. The Morgan fingerprint density at radius 3 is 2.71 bits per heavy atom. The second-order valence-corrected chi connectivity index (χ2v) is 4.24. The SMILES string of the molecule is CCCC(C)N(C)C(=O)c1ccc(NC)cn1. The zero-order valence-electron chi connectivity index (χ0n) is 11.0. The third kappa shape index (κ3) is 3.44. The zero-order valence-corrected chi connectivity index (χ0v) is 11.0. The van der Waals surface area contributed by atoms with Crippen LogP contribution < -0.4 is 5.32 Å². The summed E-state index contributed by atoms with van der Waals surface area (Å²) in [6, 6.07) is 3.86. The number of hydrogen-bond acceptors (Lipinski definition) is 3. The van der Waals surface area contributed by atoms with Crippen molar-refractivity contribution >= 4 is 11.6 Å². The topological polar surface area (TPSA) is 45.2 Å². The largest absolute Gasteiger partial charge is 0.387 e. The van der Waals surface area contributed by atoms with Crippen molar-refractivity contribution in [3.63, 3.8) is 0 Å². The molecule has 0 bridgehead atoms. The second-order valence-electron chi connectivity index (χ2n) is 4.24. The van der Waals surface area contributed by atoms with Gasteiger partial charge in [0.1, 0.15) is 5.69 Å². The first-order valence-corrected chi connectivity index (χ1v) is 6.01. The lowest BCUT2D eigenvalue weighted by Gasteiger charge is -2.24. The molecule has 0 aliphatic heterocycles. The van der Waals surface area contributed by atoms with Crippen LogP contribution >= 0.6 is 0 Å². The van der Waals surface area contributed by atoms with Gasteiger partial charge >= 0.3 is 0 Å². The second kappa shape index (κ2) is 6.23. The predicted octanol–water partition coefficient (Wildman–Crippen LogP) is 2.38. The minimum Gasteiger partial charge on any atom is -0.387 e. The highest BCUT2D eigenvalue weighted by Gasteiger charge is 2.17. The first-order valence-electron chi connectivity index (χ1n) is 6.01. The van der Waals surface area contributed by atoms with Gasteiger partial charge in [-0.3, -0.25) is 4.79 Å². The maximum Gasteiger partial charge on any atom is 0.272 e. The van der Waals surface area contributed by atoms with Crippen LogP contribution in [0.3, 0.4) is 0 Å². The molecule has 0 spiro atoms. The summed E-state index contributed by atoms with van der Waals surface area (Å²) in [7, 11) is 3.66. The van der Waals surface area contributed by atoms with E-state index in [9.17, 15) is 4.79 Å². The average molecular weight is 235 g/mol. The Morgan fingerprint density at radius 2 is 2.24 bits per heavy atom. The Morgan fingerprint density at radius 1 is 1.53 bits per heavy atom. The highest BCUT2D eigenvalue weighted by atomic mass is 16.2. The summed E-state index contributed by atoms with van der Waals surface area (Å²) < 4.78 is 0. The van der Waals surface area contributed by atoms with Crippen LogP contribution in [0, 0.1) is 0 Å². The van der Waals surface area contributed by atoms with Crippen LogP contribution in [0.4, 0.5) is 5.69 Å². The minimum atomic E-state index is -0.0198. The fourth-order valence-electron chi connectivity index (χ4n) is 1.66. The molecule has 17 heavy (non-hydrogen) atoms. The molecular weight excluding hydrogens is 214 g/mol. The quantitative estimate of drug-likeness (QED) is 0.852. The molecule has 0 radical (unpaired) electrons. The molecule has 1 atom stereocenters. The summed E-state index contributed by atoms with van der Waals surface area (Å²) in [5.74, 6) is -0.0198. The van der Waals surface area contributed by atoms with E-state index in [0.29, 0.717) is 5.69 Å². The van der Waals surface area contributed by atoms with Crippen molar-refractivity contribution in [1.29, 1.82) is 0 Å². The lowest BCUT2D eigenvalue weighted by molar-refractivity contribution is 0.0731. The van der Waals surface area contributed by atoms with Gasteiger partial charge in [0.15, 0.2) is 0 Å². The summed E-state index contributed by atoms with van der Waals surface area (Å²) >= 11 is 0. The number of nitrogens with zero attached hydrogens (tertiary/aromatic N) is 2. The van der Waals surface area contributed by atoms with Crippen LogP contribution in [-0.2, 0) is 0 Å². The number of rotatable bonds is 5. The summed E-state index contributed by atoms with van der Waals surface area (Å²) in [4.78, 5) is 18.0. The molecule has 1 unspecified atom stereocenters. The summed E-state index contributed by atoms with van der Waals surface area (Å²) in [5.41, 5.74) is 1.40. The third-order valence-electron chi connectivity index (χ3n) is 2.96. The van der Waals surface area contributed by atoms with Gasteiger partial charge in [0, 0.05) is 20.1 Å². The molecule has 0 aliphatic rings. The molecule has 4 heteroatoms. The maximum absolute atomic E-state index is 12.1. The van der Waals surface area contributed by atoms with Crippen molar-refractivity contribution in [2.45, 2.75) is 32.7 Å². The van der Waals surface area contributed by atoms with E-state index in [1.54, 1.807) is 17.2 Å². The number of anilines is 1. The molecule has 0 aliphatic carbocycles. The van der Waals surface area contributed by atoms with Crippen LogP contribution in [-0.4, -0.2) is 35.9 Å². The first-order chi connectivity index (χ1) is 8.10. The van der Waals surface area contributed by atoms with Gasteiger partial charge in [-0.25, -0.2) is 4.98 Å². The van der Waals surface area contributed by atoms with Gasteiger partial charge in [-0.1, -0.05) is 13.3 Å². The smallest absolute Gasteiger partial charge is 0.272 e. The average Bonchev–Trinajstić information content (AvgIpc) is 2.37. The van der Waals surface area contributed by atoms with Crippen molar-refractivity contribution in [3.05, 3.63) is 24.0 Å². The van der Waals surface area contributed by atoms with E-state index in [0.717, 1.165) is 18.5 Å². The third-order valence-corrected chi connectivity index (χ3v) is 2.96. The number of carbonyl (C=O) groups is 1. The Kier molecular flexibility index (Phi) is 4.94. The van der Waals surface area contributed by atoms with Crippen LogP contribution in [0.5, 0.6) is 0 Å². The van der Waals surface area contributed by atoms with Gasteiger partial charge in [0.25, 0.3) is 5.91 Å². The van der Waals surface area contributed by atoms with Gasteiger partial charge in [-0.05, 0) is 25.5 Å². The van der Waals surface area contributed by atoms with Crippen molar-refractivity contribution in [2.24, 2.45) is 0 Å². The molecule has 94 valence electrons. The fourth-order valence-corrected chi connectivity index (χ4v) is 1.66. The van der Waals surface area contributed by atoms with Gasteiger partial charge in [-0.2, -0.15) is 0 Å². The molecule has 0 aromatic carbocycles. The maximum atomic E-state index is 12.1. The van der Waals surface area contributed by atoms with Crippen LogP contribution in [0.15, 0.2) is 18.3 Å². The normalized spacial score (nSPS) is 12.0. The van der Waals surface area contributed by atoms with Gasteiger partial charge in [0.2, 0.25) is 0 Å². The zero-order chi connectivity index (χ0) is 12.8. The van der Waals surface area contributed by atoms with Gasteiger partial charge in [0.05, 0.1) is 11.9 Å². The number of hydrogen-bond donors (Lipinski definition) is 1. The molecule has 1 heterocycles. The molecular formula is C13H21N3O. The summed E-state index contributed by atoms with van der Waals surface area (Å²) in [5, 5.41) is 2.98.